The number of carbonyl (C=O) groups is 1. The zero-order chi connectivity index (χ0) is 22.4. The molecule has 172 valence electrons. The molecule has 0 aliphatic heterocycles. The number of aliphatic hydroxyl groups is 1. The quantitative estimate of drug-likeness (QED) is 0.309. The largest absolute Gasteiger partial charge is 0.491 e. The molecule has 7 nitrogen and oxygen atoms in total. The van der Waals surface area contributed by atoms with E-state index in [1.54, 1.807) is 13.0 Å². The molecule has 30 heavy (non-hydrogen) atoms. The van der Waals surface area contributed by atoms with Crippen LogP contribution in [0.3, 0.4) is 0 Å². The molecule has 0 aliphatic carbocycles. The maximum Gasteiger partial charge on any atom is 0.305 e. The van der Waals surface area contributed by atoms with E-state index in [2.05, 4.69) is 0 Å². The first-order chi connectivity index (χ1) is 14.2. The summed E-state index contributed by atoms with van der Waals surface area (Å²) in [6.45, 7) is 2.90. The highest BCUT2D eigenvalue weighted by Crippen LogP contribution is 2.13. The van der Waals surface area contributed by atoms with Gasteiger partial charge in [-0.05, 0) is 44.7 Å². The number of aliphatic hydroxyl groups excluding tert-OH is 1. The molecule has 0 amide bonds. The lowest BCUT2D eigenvalue weighted by atomic mass is 10.1. The molecule has 0 aliphatic rings. The zero-order valence-corrected chi connectivity index (χ0v) is 18.7. The predicted octanol–water partition coefficient (Wildman–Crippen LogP) is 3.12. The highest BCUT2D eigenvalue weighted by atomic mass is 32.2. The van der Waals surface area contributed by atoms with Gasteiger partial charge in [-0.25, -0.2) is 17.1 Å². The summed E-state index contributed by atoms with van der Waals surface area (Å²) in [6, 6.07) is 5.68. The van der Waals surface area contributed by atoms with Crippen molar-refractivity contribution in [3.05, 3.63) is 30.1 Å². The smallest absolute Gasteiger partial charge is 0.305 e. The molecule has 9 heteroatoms. The molecule has 0 spiro atoms. The second kappa shape index (κ2) is 14.3. The lowest BCUT2D eigenvalue weighted by molar-refractivity contribution is -0.143. The highest BCUT2D eigenvalue weighted by molar-refractivity contribution is 7.88. The van der Waals surface area contributed by atoms with Crippen LogP contribution < -0.4 is 4.74 Å². The van der Waals surface area contributed by atoms with Crippen LogP contribution in [0.25, 0.3) is 0 Å². The summed E-state index contributed by atoms with van der Waals surface area (Å²) in [5, 5.41) is 10.0. The van der Waals surface area contributed by atoms with Crippen LogP contribution in [0.15, 0.2) is 24.3 Å². The normalized spacial score (nSPS) is 12.7. The number of unbranched alkanes of at least 4 members (excludes halogenated alkanes) is 3. The van der Waals surface area contributed by atoms with E-state index in [4.69, 9.17) is 9.47 Å². The van der Waals surface area contributed by atoms with E-state index >= 15 is 0 Å². The van der Waals surface area contributed by atoms with Crippen molar-refractivity contribution >= 4 is 16.0 Å². The Morgan fingerprint density at radius 3 is 2.53 bits per heavy atom. The average molecular weight is 448 g/mol. The highest BCUT2D eigenvalue weighted by Gasteiger charge is 2.16. The Bertz CT molecular complexity index is 728. The van der Waals surface area contributed by atoms with Crippen LogP contribution in [-0.4, -0.2) is 62.5 Å². The maximum atomic E-state index is 13.1. The van der Waals surface area contributed by atoms with Gasteiger partial charge in [-0.2, -0.15) is 0 Å². The Morgan fingerprint density at radius 1 is 1.17 bits per heavy atom. The fourth-order valence-corrected chi connectivity index (χ4v) is 3.84. The van der Waals surface area contributed by atoms with Crippen molar-refractivity contribution in [1.29, 1.82) is 0 Å². The Morgan fingerprint density at radius 2 is 1.87 bits per heavy atom. The number of benzene rings is 1. The monoisotopic (exact) mass is 447 g/mol. The maximum absolute atomic E-state index is 13.1. The van der Waals surface area contributed by atoms with Crippen molar-refractivity contribution in [1.82, 2.24) is 4.31 Å². The summed E-state index contributed by atoms with van der Waals surface area (Å²) in [6.07, 6.45) is 4.77. The van der Waals surface area contributed by atoms with Crippen molar-refractivity contribution in [2.75, 3.05) is 32.6 Å². The Balaban J connectivity index is 2.25. The third-order valence-corrected chi connectivity index (χ3v) is 5.80. The summed E-state index contributed by atoms with van der Waals surface area (Å²) in [4.78, 5) is 11.3. The molecular weight excluding hydrogens is 413 g/mol. The first kappa shape index (κ1) is 26.3. The van der Waals surface area contributed by atoms with Crippen LogP contribution in [0.5, 0.6) is 5.75 Å². The molecule has 0 saturated carbocycles. The Labute approximate surface area is 179 Å². The second-order valence-electron chi connectivity index (χ2n) is 7.20. The second-order valence-corrected chi connectivity index (χ2v) is 9.18. The van der Waals surface area contributed by atoms with E-state index < -0.39 is 21.9 Å². The third-order valence-electron chi connectivity index (χ3n) is 4.50. The fourth-order valence-electron chi connectivity index (χ4n) is 2.92. The third kappa shape index (κ3) is 12.1. The summed E-state index contributed by atoms with van der Waals surface area (Å²) in [5.74, 6) is -0.267. The van der Waals surface area contributed by atoms with E-state index in [1.165, 1.54) is 28.8 Å². The molecule has 1 atom stereocenters. The van der Waals surface area contributed by atoms with Gasteiger partial charge in [0.1, 0.15) is 18.2 Å². The molecule has 0 bridgehead atoms. The minimum atomic E-state index is -3.33. The van der Waals surface area contributed by atoms with Crippen molar-refractivity contribution in [3.63, 3.8) is 0 Å². The number of hydrogen-bond donors (Lipinski definition) is 1. The number of hydrogen-bond acceptors (Lipinski definition) is 6. The van der Waals surface area contributed by atoms with E-state index in [9.17, 15) is 22.7 Å². The molecule has 1 rings (SSSR count). The van der Waals surface area contributed by atoms with Crippen molar-refractivity contribution in [3.8, 4) is 5.75 Å². The lowest BCUT2D eigenvalue weighted by Gasteiger charge is -2.20. The summed E-state index contributed by atoms with van der Waals surface area (Å²) in [7, 11) is -3.33. The van der Waals surface area contributed by atoms with Gasteiger partial charge in [0.05, 0.1) is 19.0 Å². The first-order valence-corrected chi connectivity index (χ1v) is 12.2. The van der Waals surface area contributed by atoms with Crippen molar-refractivity contribution in [2.45, 2.75) is 58.0 Å². The van der Waals surface area contributed by atoms with Gasteiger partial charge in [0.25, 0.3) is 0 Å². The Hall–Kier alpha value is -1.71. The molecule has 0 radical (unpaired) electrons. The van der Waals surface area contributed by atoms with E-state index in [0.29, 0.717) is 51.1 Å². The summed E-state index contributed by atoms with van der Waals surface area (Å²) < 4.78 is 48.7. The van der Waals surface area contributed by atoms with E-state index in [-0.39, 0.29) is 12.6 Å². The number of ether oxygens (including phenoxy) is 2. The fraction of sp³-hybridized carbons (Fsp3) is 0.667. The number of sulfonamides is 1. The summed E-state index contributed by atoms with van der Waals surface area (Å²) in [5.41, 5.74) is 0. The molecule has 1 aromatic rings. The minimum absolute atomic E-state index is 0.0167. The van der Waals surface area contributed by atoms with Gasteiger partial charge in [0.15, 0.2) is 0 Å². The van der Waals surface area contributed by atoms with Crippen molar-refractivity contribution < 1.29 is 32.2 Å². The van der Waals surface area contributed by atoms with Crippen LogP contribution >= 0.6 is 0 Å². The number of halogens is 1. The number of nitrogens with zero attached hydrogens (tertiary/aromatic N) is 1. The number of rotatable bonds is 16. The topological polar surface area (TPSA) is 93.1 Å². The van der Waals surface area contributed by atoms with Crippen LogP contribution in [-0.2, 0) is 19.6 Å². The molecular formula is C21H34FNO6S. The first-order valence-electron chi connectivity index (χ1n) is 10.4. The Kier molecular flexibility index (Phi) is 12.6. The molecule has 0 saturated heterocycles. The van der Waals surface area contributed by atoms with Crippen LogP contribution in [0.1, 0.15) is 51.9 Å². The number of carbonyl (C=O) groups excluding carboxylic acids is 1. The molecule has 1 aromatic carbocycles. The van der Waals surface area contributed by atoms with Crippen molar-refractivity contribution in [2.24, 2.45) is 0 Å². The van der Waals surface area contributed by atoms with Gasteiger partial charge in [-0.15, -0.1) is 0 Å². The van der Waals surface area contributed by atoms with Gasteiger partial charge in [0.2, 0.25) is 10.0 Å². The zero-order valence-electron chi connectivity index (χ0n) is 17.9. The standard InChI is InChI=1S/C21H34FNO6S/c1-3-28-21(25)13-6-4-5-7-14-23(30(2,26)27)15-9-11-19(24)17-29-20-12-8-10-18(22)16-20/h8,10,12,16,19,24H,3-7,9,11,13-15,17H2,1-2H3. The molecule has 0 fully saturated rings. The summed E-state index contributed by atoms with van der Waals surface area (Å²) >= 11 is 0. The average Bonchev–Trinajstić information content (AvgIpc) is 2.67. The lowest BCUT2D eigenvalue weighted by Crippen LogP contribution is -2.32. The van der Waals surface area contributed by atoms with Gasteiger partial charge >= 0.3 is 5.97 Å². The van der Waals surface area contributed by atoms with Gasteiger partial charge in [0, 0.05) is 25.6 Å². The molecule has 1 unspecified atom stereocenters. The molecule has 0 aromatic heterocycles. The minimum Gasteiger partial charge on any atom is -0.491 e. The molecule has 0 heterocycles. The molecule has 1 N–H and O–H groups in total. The van der Waals surface area contributed by atoms with E-state index in [1.807, 2.05) is 0 Å². The predicted molar refractivity (Wildman–Crippen MR) is 113 cm³/mol. The SMILES string of the molecule is CCOC(=O)CCCCCCN(CCCC(O)COc1cccc(F)c1)S(C)(=O)=O. The van der Waals surface area contributed by atoms with Gasteiger partial charge < -0.3 is 14.6 Å². The van der Waals surface area contributed by atoms with Gasteiger partial charge in [-0.1, -0.05) is 18.9 Å². The van der Waals surface area contributed by atoms with Crippen LogP contribution in [0.4, 0.5) is 4.39 Å². The van der Waals surface area contributed by atoms with Crippen LogP contribution in [0.2, 0.25) is 0 Å². The number of esters is 1. The van der Waals surface area contributed by atoms with E-state index in [0.717, 1.165) is 19.3 Å². The van der Waals surface area contributed by atoms with Crippen LogP contribution in [0, 0.1) is 5.82 Å². The van der Waals surface area contributed by atoms with Gasteiger partial charge in [-0.3, -0.25) is 4.79 Å².